The Morgan fingerprint density at radius 1 is 0.444 bits per heavy atom. The number of esters is 1. The van der Waals surface area contributed by atoms with Crippen molar-refractivity contribution < 1.29 is 81.1 Å². The fourth-order valence-electron chi connectivity index (χ4n) is 3.77. The van der Waals surface area contributed by atoms with Gasteiger partial charge in [0.25, 0.3) is 0 Å². The summed E-state index contributed by atoms with van der Waals surface area (Å²) in [5.74, 6) is -1.22. The standard InChI is InChI=1S/C36H69NO17/c1-36(2,3)54-35(41)37(4)9-10-42-11-12-43-13-14-44-15-16-45-17-18-46-19-20-47-21-22-48-23-24-49-25-26-50-27-28-51-29-30-52-31-32-53-34(40)8-6-5-7-33(38)39/h5-32H2,1-4H3,(H,38,39). The number of carboxylic acid groups (broad SMARTS) is 1. The average Bonchev–Trinajstić information content (AvgIpc) is 3.12. The van der Waals surface area contributed by atoms with Crippen LogP contribution in [0.1, 0.15) is 46.5 Å². The number of carbonyl (C=O) groups is 3. The summed E-state index contributed by atoms with van der Waals surface area (Å²) in [6.07, 6.45) is 0.845. The van der Waals surface area contributed by atoms with Crippen molar-refractivity contribution in [3.63, 3.8) is 0 Å². The quantitative estimate of drug-likeness (QED) is 0.0699. The first-order valence-corrected chi connectivity index (χ1v) is 18.8. The molecule has 0 heterocycles. The van der Waals surface area contributed by atoms with Gasteiger partial charge in [0.05, 0.1) is 145 Å². The zero-order valence-electron chi connectivity index (χ0n) is 33.2. The molecule has 0 aromatic heterocycles. The molecule has 0 bridgehead atoms. The Bertz CT molecular complexity index is 862. The molecule has 18 nitrogen and oxygen atoms in total. The second-order valence-corrected chi connectivity index (χ2v) is 12.5. The summed E-state index contributed by atoms with van der Waals surface area (Å²) in [5, 5.41) is 8.56. The van der Waals surface area contributed by atoms with Gasteiger partial charge in [-0.05, 0) is 33.6 Å². The second kappa shape index (κ2) is 39.0. The number of carboxylic acids is 1. The lowest BCUT2D eigenvalue weighted by molar-refractivity contribution is -0.146. The molecule has 0 aromatic carbocycles. The molecular weight excluding hydrogens is 718 g/mol. The van der Waals surface area contributed by atoms with Crippen molar-refractivity contribution >= 4 is 18.0 Å². The lowest BCUT2D eigenvalue weighted by Gasteiger charge is -2.24. The number of aliphatic carboxylic acids is 1. The molecule has 0 aromatic rings. The summed E-state index contributed by atoms with van der Waals surface area (Å²) in [6.45, 7) is 15.9. The van der Waals surface area contributed by atoms with Gasteiger partial charge in [0.15, 0.2) is 0 Å². The molecule has 0 aliphatic heterocycles. The molecule has 0 saturated heterocycles. The van der Waals surface area contributed by atoms with Crippen LogP contribution in [0.2, 0.25) is 0 Å². The van der Waals surface area contributed by atoms with Crippen LogP contribution in [-0.2, 0) is 71.2 Å². The molecule has 54 heavy (non-hydrogen) atoms. The molecule has 0 spiro atoms. The van der Waals surface area contributed by atoms with E-state index in [2.05, 4.69) is 0 Å². The first-order chi connectivity index (χ1) is 26.1. The summed E-state index contributed by atoms with van der Waals surface area (Å²) in [7, 11) is 1.68. The van der Waals surface area contributed by atoms with E-state index in [0.717, 1.165) is 0 Å². The van der Waals surface area contributed by atoms with E-state index in [-0.39, 0.29) is 38.1 Å². The van der Waals surface area contributed by atoms with Gasteiger partial charge in [-0.2, -0.15) is 0 Å². The number of rotatable bonds is 41. The van der Waals surface area contributed by atoms with Crippen molar-refractivity contribution in [2.75, 3.05) is 166 Å². The second-order valence-electron chi connectivity index (χ2n) is 12.5. The molecule has 0 aliphatic carbocycles. The van der Waals surface area contributed by atoms with Crippen LogP contribution in [0.15, 0.2) is 0 Å². The monoisotopic (exact) mass is 787 g/mol. The maximum absolute atomic E-state index is 11.9. The van der Waals surface area contributed by atoms with Crippen LogP contribution < -0.4 is 0 Å². The molecule has 0 fully saturated rings. The highest BCUT2D eigenvalue weighted by Crippen LogP contribution is 2.08. The van der Waals surface area contributed by atoms with Crippen LogP contribution >= 0.6 is 0 Å². The zero-order chi connectivity index (χ0) is 39.8. The Morgan fingerprint density at radius 3 is 1.02 bits per heavy atom. The number of unbranched alkanes of at least 4 members (excludes halogenated alkanes) is 1. The fourth-order valence-corrected chi connectivity index (χ4v) is 3.77. The smallest absolute Gasteiger partial charge is 0.410 e. The predicted molar refractivity (Wildman–Crippen MR) is 195 cm³/mol. The predicted octanol–water partition coefficient (Wildman–Crippen LogP) is 2.22. The molecule has 0 saturated carbocycles. The van der Waals surface area contributed by atoms with Crippen LogP contribution in [0.25, 0.3) is 0 Å². The third-order valence-electron chi connectivity index (χ3n) is 6.51. The highest BCUT2D eigenvalue weighted by Gasteiger charge is 2.19. The number of hydrogen-bond acceptors (Lipinski definition) is 16. The number of likely N-dealkylation sites (N-methyl/N-ethyl adjacent to an activating group) is 1. The van der Waals surface area contributed by atoms with E-state index >= 15 is 0 Å². The Hall–Kier alpha value is -2.23. The lowest BCUT2D eigenvalue weighted by Crippen LogP contribution is -2.36. The van der Waals surface area contributed by atoms with Gasteiger partial charge in [-0.1, -0.05) is 0 Å². The molecule has 0 rings (SSSR count). The molecular formula is C36H69NO17. The van der Waals surface area contributed by atoms with Gasteiger partial charge in [-0.25, -0.2) is 4.79 Å². The first kappa shape index (κ1) is 51.8. The van der Waals surface area contributed by atoms with Crippen molar-refractivity contribution in [2.45, 2.75) is 52.1 Å². The minimum Gasteiger partial charge on any atom is -0.481 e. The van der Waals surface area contributed by atoms with Crippen molar-refractivity contribution in [3.8, 4) is 0 Å². The molecule has 0 atom stereocenters. The van der Waals surface area contributed by atoms with Crippen LogP contribution in [0.3, 0.4) is 0 Å². The van der Waals surface area contributed by atoms with E-state index in [4.69, 9.17) is 66.7 Å². The Morgan fingerprint density at radius 2 is 0.722 bits per heavy atom. The summed E-state index contributed by atoms with van der Waals surface area (Å²) in [5.41, 5.74) is -0.518. The maximum Gasteiger partial charge on any atom is 0.410 e. The van der Waals surface area contributed by atoms with Crippen LogP contribution in [0.5, 0.6) is 0 Å². The van der Waals surface area contributed by atoms with E-state index in [1.54, 1.807) is 7.05 Å². The van der Waals surface area contributed by atoms with Gasteiger partial charge >= 0.3 is 18.0 Å². The fraction of sp³-hybridized carbons (Fsp3) is 0.917. The SMILES string of the molecule is CN(CCOCCOCCOCCOCCOCCOCCOCCOCCOCCOCCOCCOC(=O)CCCCC(=O)O)C(=O)OC(C)(C)C. The van der Waals surface area contributed by atoms with Gasteiger partial charge < -0.3 is 71.6 Å². The van der Waals surface area contributed by atoms with Crippen molar-refractivity contribution in [1.29, 1.82) is 0 Å². The van der Waals surface area contributed by atoms with Gasteiger partial charge in [-0.3, -0.25) is 9.59 Å². The number of amides is 1. The minimum atomic E-state index is -0.866. The Balaban J connectivity index is 3.17. The van der Waals surface area contributed by atoms with Gasteiger partial charge in [0.2, 0.25) is 0 Å². The lowest BCUT2D eigenvalue weighted by atomic mass is 10.2. The molecule has 0 unspecified atom stereocenters. The third kappa shape index (κ3) is 42.5. The van der Waals surface area contributed by atoms with Crippen LogP contribution in [0, 0.1) is 0 Å². The van der Waals surface area contributed by atoms with Gasteiger partial charge in [-0.15, -0.1) is 0 Å². The normalized spacial score (nSPS) is 11.6. The largest absolute Gasteiger partial charge is 0.481 e. The maximum atomic E-state index is 11.9. The number of ether oxygens (including phenoxy) is 13. The highest BCUT2D eigenvalue weighted by atomic mass is 16.6. The topological polar surface area (TPSA) is 195 Å². The van der Waals surface area contributed by atoms with E-state index < -0.39 is 11.6 Å². The number of carbonyl (C=O) groups excluding carboxylic acids is 2. The van der Waals surface area contributed by atoms with Gasteiger partial charge in [0.1, 0.15) is 12.2 Å². The molecule has 0 radical (unpaired) electrons. The van der Waals surface area contributed by atoms with Crippen molar-refractivity contribution in [3.05, 3.63) is 0 Å². The summed E-state index contributed by atoms with van der Waals surface area (Å²) >= 11 is 0. The molecule has 1 amide bonds. The van der Waals surface area contributed by atoms with Crippen LogP contribution in [-0.4, -0.2) is 199 Å². The molecule has 1 N–H and O–H groups in total. The minimum absolute atomic E-state index is 0.0558. The van der Waals surface area contributed by atoms with E-state index in [1.165, 1.54) is 4.90 Å². The Labute approximate surface area is 321 Å². The number of nitrogens with zero attached hydrogens (tertiary/aromatic N) is 1. The number of hydrogen-bond donors (Lipinski definition) is 1. The van der Waals surface area contributed by atoms with E-state index in [0.29, 0.717) is 158 Å². The van der Waals surface area contributed by atoms with Gasteiger partial charge in [0, 0.05) is 26.4 Å². The third-order valence-corrected chi connectivity index (χ3v) is 6.51. The van der Waals surface area contributed by atoms with Crippen molar-refractivity contribution in [1.82, 2.24) is 4.90 Å². The highest BCUT2D eigenvalue weighted by molar-refractivity contribution is 5.69. The van der Waals surface area contributed by atoms with Crippen molar-refractivity contribution in [2.24, 2.45) is 0 Å². The first-order valence-electron chi connectivity index (χ1n) is 18.8. The summed E-state index contributed by atoms with van der Waals surface area (Å²) in [4.78, 5) is 35.3. The average molecular weight is 788 g/mol. The molecule has 0 aliphatic rings. The van der Waals surface area contributed by atoms with E-state index in [9.17, 15) is 14.4 Å². The molecule has 18 heteroatoms. The summed E-state index contributed by atoms with van der Waals surface area (Å²) < 4.78 is 70.3. The van der Waals surface area contributed by atoms with Crippen LogP contribution in [0.4, 0.5) is 4.79 Å². The van der Waals surface area contributed by atoms with E-state index in [1.807, 2.05) is 20.8 Å². The summed E-state index contributed by atoms with van der Waals surface area (Å²) in [6, 6.07) is 0. The Kier molecular flexibility index (Phi) is 37.4. The molecule has 320 valence electrons. The zero-order valence-corrected chi connectivity index (χ0v) is 33.2.